The summed E-state index contributed by atoms with van der Waals surface area (Å²) in [5.41, 5.74) is 2.63. The Morgan fingerprint density at radius 3 is 2.35 bits per heavy atom. The van der Waals surface area contributed by atoms with E-state index in [1.165, 1.54) is 11.5 Å². The van der Waals surface area contributed by atoms with Crippen molar-refractivity contribution in [3.05, 3.63) is 70.3 Å². The number of nitrogens with zero attached hydrogens (tertiary/aromatic N) is 1. The lowest BCUT2D eigenvalue weighted by Crippen LogP contribution is -1.92. The Kier molecular flexibility index (Phi) is 3.39. The fraction of sp³-hybridized carbons (Fsp3) is 0.0625. The van der Waals surface area contributed by atoms with Crippen molar-refractivity contribution >= 4 is 11.5 Å². The Morgan fingerprint density at radius 1 is 1.00 bits per heavy atom. The minimum absolute atomic E-state index is 0.0621. The molecule has 0 aliphatic heterocycles. The molecule has 0 saturated carbocycles. The average molecular weight is 283 g/mol. The van der Waals surface area contributed by atoms with Crippen LogP contribution in [-0.2, 0) is 0 Å². The van der Waals surface area contributed by atoms with Crippen LogP contribution in [0.25, 0.3) is 16.8 Å². The normalized spacial score (nSPS) is 10.4. The second-order valence-corrected chi connectivity index (χ2v) is 5.26. The fourth-order valence-corrected chi connectivity index (χ4v) is 2.83. The molecule has 1 heterocycles. The Balaban J connectivity index is 2.02. The Morgan fingerprint density at radius 2 is 1.70 bits per heavy atom. The van der Waals surface area contributed by atoms with Gasteiger partial charge in [0.05, 0.1) is 18.4 Å². The van der Waals surface area contributed by atoms with Gasteiger partial charge in [0.15, 0.2) is 0 Å². The zero-order chi connectivity index (χ0) is 13.9. The Hall–Kier alpha value is -2.33. The fourth-order valence-electron chi connectivity index (χ4n) is 2.00. The quantitative estimate of drug-likeness (QED) is 0.735. The lowest BCUT2D eigenvalue weighted by atomic mass is 10.1. The van der Waals surface area contributed by atoms with Crippen molar-refractivity contribution in [2.24, 2.45) is 0 Å². The van der Waals surface area contributed by atoms with Gasteiger partial charge < -0.3 is 4.74 Å². The highest BCUT2D eigenvalue weighted by Crippen LogP contribution is 2.21. The first-order valence-corrected chi connectivity index (χ1v) is 6.98. The standard InChI is InChI=1S/C16H13NO2S/c1-19-14-9-7-13(8-10-14)17-11-15(16(18)20-17)12-5-3-2-4-6-12/h2-11H,1H3. The maximum Gasteiger partial charge on any atom is 0.257 e. The summed E-state index contributed by atoms with van der Waals surface area (Å²) in [5.74, 6) is 0.802. The van der Waals surface area contributed by atoms with Crippen LogP contribution >= 0.6 is 11.5 Å². The van der Waals surface area contributed by atoms with Crippen LogP contribution in [0.1, 0.15) is 0 Å². The van der Waals surface area contributed by atoms with E-state index in [1.54, 1.807) is 7.11 Å². The first-order valence-electron chi connectivity index (χ1n) is 6.21. The minimum Gasteiger partial charge on any atom is -0.497 e. The van der Waals surface area contributed by atoms with E-state index in [0.717, 1.165) is 22.6 Å². The lowest BCUT2D eigenvalue weighted by molar-refractivity contribution is 0.415. The largest absolute Gasteiger partial charge is 0.497 e. The van der Waals surface area contributed by atoms with Crippen LogP contribution in [0, 0.1) is 0 Å². The van der Waals surface area contributed by atoms with Crippen molar-refractivity contribution in [1.82, 2.24) is 3.96 Å². The molecule has 0 unspecified atom stereocenters. The number of hydrogen-bond acceptors (Lipinski definition) is 3. The SMILES string of the molecule is COc1ccc(-n2cc(-c3ccccc3)c(=O)s2)cc1. The third kappa shape index (κ3) is 2.38. The van der Waals surface area contributed by atoms with Gasteiger partial charge in [-0.2, -0.15) is 0 Å². The summed E-state index contributed by atoms with van der Waals surface area (Å²) in [4.78, 5) is 12.1. The maximum absolute atomic E-state index is 12.1. The third-order valence-corrected chi connectivity index (χ3v) is 3.96. The molecule has 0 amide bonds. The molecule has 20 heavy (non-hydrogen) atoms. The number of ether oxygens (including phenoxy) is 1. The van der Waals surface area contributed by atoms with Gasteiger partial charge in [0.2, 0.25) is 0 Å². The van der Waals surface area contributed by atoms with E-state index in [2.05, 4.69) is 0 Å². The summed E-state index contributed by atoms with van der Waals surface area (Å²) in [6, 6.07) is 17.3. The molecule has 2 aromatic carbocycles. The van der Waals surface area contributed by atoms with Gasteiger partial charge in [-0.25, -0.2) is 0 Å². The molecule has 0 radical (unpaired) electrons. The van der Waals surface area contributed by atoms with Gasteiger partial charge in [-0.15, -0.1) is 0 Å². The van der Waals surface area contributed by atoms with Gasteiger partial charge >= 0.3 is 0 Å². The molecule has 0 saturated heterocycles. The lowest BCUT2D eigenvalue weighted by Gasteiger charge is -2.03. The van der Waals surface area contributed by atoms with Crippen LogP contribution in [0.3, 0.4) is 0 Å². The van der Waals surface area contributed by atoms with Crippen LogP contribution in [-0.4, -0.2) is 11.1 Å². The summed E-state index contributed by atoms with van der Waals surface area (Å²) in [6.07, 6.45) is 1.88. The van der Waals surface area contributed by atoms with Crippen molar-refractivity contribution < 1.29 is 4.74 Å². The molecule has 4 heteroatoms. The molecule has 3 aromatic rings. The van der Waals surface area contributed by atoms with E-state index in [4.69, 9.17) is 4.74 Å². The summed E-state index contributed by atoms with van der Waals surface area (Å²) in [7, 11) is 1.64. The highest BCUT2D eigenvalue weighted by molar-refractivity contribution is 7.04. The summed E-state index contributed by atoms with van der Waals surface area (Å²) in [5, 5.41) is 0. The molecule has 0 aliphatic rings. The van der Waals surface area contributed by atoms with Gasteiger partial charge in [0.25, 0.3) is 4.74 Å². The number of benzene rings is 2. The topological polar surface area (TPSA) is 31.2 Å². The second-order valence-electron chi connectivity index (χ2n) is 4.31. The maximum atomic E-state index is 12.1. The molecule has 0 bridgehead atoms. The van der Waals surface area contributed by atoms with Crippen LogP contribution in [0.5, 0.6) is 5.75 Å². The first-order chi connectivity index (χ1) is 9.78. The van der Waals surface area contributed by atoms with Crippen molar-refractivity contribution in [1.29, 1.82) is 0 Å². The van der Waals surface area contributed by atoms with E-state index in [-0.39, 0.29) is 4.74 Å². The minimum atomic E-state index is 0.0621. The highest BCUT2D eigenvalue weighted by Gasteiger charge is 2.08. The van der Waals surface area contributed by atoms with Gasteiger partial charge in [-0.05, 0) is 41.4 Å². The van der Waals surface area contributed by atoms with Crippen molar-refractivity contribution in [3.63, 3.8) is 0 Å². The average Bonchev–Trinajstić information content (AvgIpc) is 2.90. The Labute approximate surface area is 120 Å². The molecule has 3 nitrogen and oxygen atoms in total. The predicted octanol–water partition coefficient (Wildman–Crippen LogP) is 3.57. The van der Waals surface area contributed by atoms with Crippen LogP contribution in [0.4, 0.5) is 0 Å². The molecule has 0 spiro atoms. The van der Waals surface area contributed by atoms with Crippen LogP contribution in [0.15, 0.2) is 65.6 Å². The third-order valence-electron chi connectivity index (χ3n) is 3.06. The van der Waals surface area contributed by atoms with Gasteiger partial charge in [-0.3, -0.25) is 8.75 Å². The number of aromatic nitrogens is 1. The summed E-state index contributed by atoms with van der Waals surface area (Å²) < 4.78 is 7.08. The van der Waals surface area contributed by atoms with Crippen molar-refractivity contribution in [2.45, 2.75) is 0 Å². The molecule has 3 rings (SSSR count). The highest BCUT2D eigenvalue weighted by atomic mass is 32.1. The van der Waals surface area contributed by atoms with Crippen molar-refractivity contribution in [3.8, 4) is 22.6 Å². The number of rotatable bonds is 3. The monoisotopic (exact) mass is 283 g/mol. The molecule has 1 aromatic heterocycles. The molecular formula is C16H13NO2S. The first kappa shape index (κ1) is 12.7. The van der Waals surface area contributed by atoms with E-state index >= 15 is 0 Å². The smallest absolute Gasteiger partial charge is 0.257 e. The summed E-state index contributed by atoms with van der Waals surface area (Å²) in [6.45, 7) is 0. The van der Waals surface area contributed by atoms with E-state index in [1.807, 2.05) is 64.8 Å². The summed E-state index contributed by atoms with van der Waals surface area (Å²) >= 11 is 1.20. The zero-order valence-corrected chi connectivity index (χ0v) is 11.8. The van der Waals surface area contributed by atoms with Gasteiger partial charge in [0.1, 0.15) is 5.75 Å². The molecule has 0 N–H and O–H groups in total. The molecule has 0 aliphatic carbocycles. The molecule has 0 atom stereocenters. The Bertz CT molecular complexity index is 757. The second kappa shape index (κ2) is 5.35. The van der Waals surface area contributed by atoms with Gasteiger partial charge in [0, 0.05) is 6.20 Å². The molecule has 100 valence electrons. The van der Waals surface area contributed by atoms with Crippen molar-refractivity contribution in [2.75, 3.05) is 7.11 Å². The van der Waals surface area contributed by atoms with Crippen LogP contribution in [0.2, 0.25) is 0 Å². The van der Waals surface area contributed by atoms with E-state index < -0.39 is 0 Å². The van der Waals surface area contributed by atoms with Crippen LogP contribution < -0.4 is 9.48 Å². The van der Waals surface area contributed by atoms with E-state index in [0.29, 0.717) is 0 Å². The molecular weight excluding hydrogens is 270 g/mol. The van der Waals surface area contributed by atoms with Gasteiger partial charge in [-0.1, -0.05) is 30.3 Å². The number of methoxy groups -OCH3 is 1. The predicted molar refractivity (Wildman–Crippen MR) is 81.9 cm³/mol. The van der Waals surface area contributed by atoms with E-state index in [9.17, 15) is 4.79 Å². The number of hydrogen-bond donors (Lipinski definition) is 0. The molecule has 0 fully saturated rings. The zero-order valence-electron chi connectivity index (χ0n) is 10.9.